The Bertz CT molecular complexity index is 416. The summed E-state index contributed by atoms with van der Waals surface area (Å²) in [5.74, 6) is 0.141. The summed E-state index contributed by atoms with van der Waals surface area (Å²) < 4.78 is 10.2. The standard InChI is InChI=1S/C12H16N2O3/c1-2-3-12(15)17-7-6-16-11-5-4-9(13)8-10(11)14/h2-5,8H,6-7,13-14H2,1H3/b3-2+. The fourth-order valence-electron chi connectivity index (χ4n) is 1.18. The van der Waals surface area contributed by atoms with Gasteiger partial charge in [0, 0.05) is 11.8 Å². The van der Waals surface area contributed by atoms with Gasteiger partial charge in [0.25, 0.3) is 0 Å². The smallest absolute Gasteiger partial charge is 0.330 e. The van der Waals surface area contributed by atoms with Crippen LogP contribution >= 0.6 is 0 Å². The summed E-state index contributed by atoms with van der Waals surface area (Å²) in [7, 11) is 0. The van der Waals surface area contributed by atoms with Crippen molar-refractivity contribution in [3.05, 3.63) is 30.4 Å². The van der Waals surface area contributed by atoms with E-state index in [1.807, 2.05) is 0 Å². The van der Waals surface area contributed by atoms with Crippen LogP contribution in [0.3, 0.4) is 0 Å². The third kappa shape index (κ3) is 4.46. The minimum Gasteiger partial charge on any atom is -0.488 e. The molecule has 92 valence electrons. The molecule has 5 heteroatoms. The second kappa shape index (κ2) is 6.42. The lowest BCUT2D eigenvalue weighted by Crippen LogP contribution is -2.11. The van der Waals surface area contributed by atoms with E-state index in [4.69, 9.17) is 20.9 Å². The zero-order chi connectivity index (χ0) is 12.7. The van der Waals surface area contributed by atoms with Crippen LogP contribution in [0.2, 0.25) is 0 Å². The highest BCUT2D eigenvalue weighted by molar-refractivity contribution is 5.81. The first-order valence-corrected chi connectivity index (χ1v) is 5.20. The molecule has 0 radical (unpaired) electrons. The predicted octanol–water partition coefficient (Wildman–Crippen LogP) is 1.35. The summed E-state index contributed by atoms with van der Waals surface area (Å²) in [6.07, 6.45) is 2.96. The van der Waals surface area contributed by atoms with Crippen molar-refractivity contribution >= 4 is 17.3 Å². The molecule has 0 saturated heterocycles. The van der Waals surface area contributed by atoms with E-state index in [1.54, 1.807) is 31.2 Å². The van der Waals surface area contributed by atoms with Crippen LogP contribution in [0.4, 0.5) is 11.4 Å². The Balaban J connectivity index is 2.34. The van der Waals surface area contributed by atoms with Gasteiger partial charge in [0.1, 0.15) is 19.0 Å². The Kier molecular flexibility index (Phi) is 4.87. The maximum atomic E-state index is 11.0. The molecule has 0 unspecified atom stereocenters. The Morgan fingerprint density at radius 3 is 2.76 bits per heavy atom. The number of allylic oxidation sites excluding steroid dienone is 1. The second-order valence-electron chi connectivity index (χ2n) is 3.31. The highest BCUT2D eigenvalue weighted by Crippen LogP contribution is 2.23. The summed E-state index contributed by atoms with van der Waals surface area (Å²) in [6, 6.07) is 4.98. The Morgan fingerprint density at radius 2 is 2.12 bits per heavy atom. The number of rotatable bonds is 5. The minimum atomic E-state index is -0.388. The fourth-order valence-corrected chi connectivity index (χ4v) is 1.18. The highest BCUT2D eigenvalue weighted by Gasteiger charge is 2.01. The van der Waals surface area contributed by atoms with Crippen molar-refractivity contribution in [3.8, 4) is 5.75 Å². The maximum absolute atomic E-state index is 11.0. The number of benzene rings is 1. The number of esters is 1. The first-order valence-electron chi connectivity index (χ1n) is 5.20. The largest absolute Gasteiger partial charge is 0.488 e. The molecule has 17 heavy (non-hydrogen) atoms. The van der Waals surface area contributed by atoms with E-state index in [0.717, 1.165) is 0 Å². The molecule has 1 aromatic rings. The first-order chi connectivity index (χ1) is 8.13. The van der Waals surface area contributed by atoms with Crippen LogP contribution in [0.25, 0.3) is 0 Å². The van der Waals surface area contributed by atoms with Crippen molar-refractivity contribution in [1.82, 2.24) is 0 Å². The van der Waals surface area contributed by atoms with Gasteiger partial charge in [-0.1, -0.05) is 6.08 Å². The number of nitrogen functional groups attached to an aromatic ring is 2. The maximum Gasteiger partial charge on any atom is 0.330 e. The van der Waals surface area contributed by atoms with E-state index in [1.165, 1.54) is 6.08 Å². The fraction of sp³-hybridized carbons (Fsp3) is 0.250. The van der Waals surface area contributed by atoms with Crippen molar-refractivity contribution in [1.29, 1.82) is 0 Å². The first kappa shape index (κ1) is 12.9. The van der Waals surface area contributed by atoms with Gasteiger partial charge in [-0.15, -0.1) is 0 Å². The van der Waals surface area contributed by atoms with Gasteiger partial charge in [0.05, 0.1) is 5.69 Å². The molecule has 0 heterocycles. The van der Waals surface area contributed by atoms with Crippen molar-refractivity contribution in [2.24, 2.45) is 0 Å². The molecular weight excluding hydrogens is 220 g/mol. The van der Waals surface area contributed by atoms with Crippen LogP contribution in [-0.2, 0) is 9.53 Å². The number of nitrogens with two attached hydrogens (primary N) is 2. The van der Waals surface area contributed by atoms with Gasteiger partial charge in [-0.05, 0) is 25.1 Å². The van der Waals surface area contributed by atoms with Crippen LogP contribution in [-0.4, -0.2) is 19.2 Å². The lowest BCUT2D eigenvalue weighted by molar-refractivity contribution is -0.138. The number of anilines is 2. The van der Waals surface area contributed by atoms with Crippen molar-refractivity contribution < 1.29 is 14.3 Å². The summed E-state index contributed by atoms with van der Waals surface area (Å²) in [6.45, 7) is 2.16. The van der Waals surface area contributed by atoms with Crippen LogP contribution in [0.1, 0.15) is 6.92 Å². The van der Waals surface area contributed by atoms with Gasteiger partial charge in [-0.25, -0.2) is 4.79 Å². The molecule has 0 atom stereocenters. The average Bonchev–Trinajstić information content (AvgIpc) is 2.27. The van der Waals surface area contributed by atoms with Gasteiger partial charge >= 0.3 is 5.97 Å². The molecule has 4 N–H and O–H groups in total. The third-order valence-corrected chi connectivity index (χ3v) is 1.92. The topological polar surface area (TPSA) is 87.6 Å². The highest BCUT2D eigenvalue weighted by atomic mass is 16.6. The molecule has 0 aliphatic rings. The molecule has 0 saturated carbocycles. The van der Waals surface area contributed by atoms with Gasteiger partial charge in [0.2, 0.25) is 0 Å². The lowest BCUT2D eigenvalue weighted by atomic mass is 10.2. The Labute approximate surface area is 100.0 Å². The van der Waals surface area contributed by atoms with Crippen LogP contribution in [0.15, 0.2) is 30.4 Å². The molecule has 0 aliphatic carbocycles. The summed E-state index contributed by atoms with van der Waals surface area (Å²) in [4.78, 5) is 11.0. The molecule has 1 aromatic carbocycles. The molecule has 0 fully saturated rings. The van der Waals surface area contributed by atoms with E-state index < -0.39 is 0 Å². The third-order valence-electron chi connectivity index (χ3n) is 1.92. The van der Waals surface area contributed by atoms with E-state index in [0.29, 0.717) is 17.1 Å². The molecule has 0 aliphatic heterocycles. The zero-order valence-corrected chi connectivity index (χ0v) is 9.68. The summed E-state index contributed by atoms with van der Waals surface area (Å²) >= 11 is 0. The molecule has 1 rings (SSSR count). The minimum absolute atomic E-state index is 0.174. The van der Waals surface area contributed by atoms with Gasteiger partial charge in [-0.3, -0.25) is 0 Å². The summed E-state index contributed by atoms with van der Waals surface area (Å²) in [5, 5.41) is 0. The molecule has 0 amide bonds. The van der Waals surface area contributed by atoms with Gasteiger partial charge in [-0.2, -0.15) is 0 Å². The SMILES string of the molecule is C/C=C/C(=O)OCCOc1ccc(N)cc1N. The monoisotopic (exact) mass is 236 g/mol. The lowest BCUT2D eigenvalue weighted by Gasteiger charge is -2.09. The molecule has 5 nitrogen and oxygen atoms in total. The van der Waals surface area contributed by atoms with Crippen LogP contribution in [0.5, 0.6) is 5.75 Å². The number of hydrogen-bond acceptors (Lipinski definition) is 5. The van der Waals surface area contributed by atoms with Crippen molar-refractivity contribution in [3.63, 3.8) is 0 Å². The van der Waals surface area contributed by atoms with Crippen LogP contribution < -0.4 is 16.2 Å². The molecular formula is C12H16N2O3. The van der Waals surface area contributed by atoms with Crippen LogP contribution in [0, 0.1) is 0 Å². The number of hydrogen-bond donors (Lipinski definition) is 2. The van der Waals surface area contributed by atoms with Crippen molar-refractivity contribution in [2.75, 3.05) is 24.7 Å². The molecule has 0 aromatic heterocycles. The van der Waals surface area contributed by atoms with E-state index in [9.17, 15) is 4.79 Å². The van der Waals surface area contributed by atoms with Crippen molar-refractivity contribution in [2.45, 2.75) is 6.92 Å². The zero-order valence-electron chi connectivity index (χ0n) is 9.68. The Hall–Kier alpha value is -2.17. The number of carbonyl (C=O) groups excluding carboxylic acids is 1. The average molecular weight is 236 g/mol. The molecule has 0 spiro atoms. The number of ether oxygens (including phenoxy) is 2. The van der Waals surface area contributed by atoms with Gasteiger partial charge < -0.3 is 20.9 Å². The van der Waals surface area contributed by atoms with E-state index >= 15 is 0 Å². The number of carbonyl (C=O) groups is 1. The van der Waals surface area contributed by atoms with E-state index in [2.05, 4.69) is 0 Å². The predicted molar refractivity (Wildman–Crippen MR) is 66.5 cm³/mol. The van der Waals surface area contributed by atoms with E-state index in [-0.39, 0.29) is 19.2 Å². The molecule has 0 bridgehead atoms. The normalized spacial score (nSPS) is 10.4. The summed E-state index contributed by atoms with van der Waals surface area (Å²) in [5.41, 5.74) is 12.3. The Morgan fingerprint density at radius 1 is 1.35 bits per heavy atom. The second-order valence-corrected chi connectivity index (χ2v) is 3.31. The quantitative estimate of drug-likeness (QED) is 0.349. The van der Waals surface area contributed by atoms with Gasteiger partial charge in [0.15, 0.2) is 0 Å².